The maximum atomic E-state index is 12.2. The first kappa shape index (κ1) is 13.5. The average molecular weight is 281 g/mol. The highest BCUT2D eigenvalue weighted by molar-refractivity contribution is 7.92. The van der Waals surface area contributed by atoms with Crippen LogP contribution >= 0.6 is 0 Å². The van der Waals surface area contributed by atoms with Crippen molar-refractivity contribution in [3.05, 3.63) is 35.2 Å². The number of benzene rings is 1. The predicted octanol–water partition coefficient (Wildman–Crippen LogP) is 2.05. The minimum atomic E-state index is -3.70. The highest BCUT2D eigenvalue weighted by atomic mass is 32.2. The van der Waals surface area contributed by atoms with E-state index in [-0.39, 0.29) is 10.8 Å². The van der Waals surface area contributed by atoms with Crippen molar-refractivity contribution in [1.82, 2.24) is 10.1 Å². The Morgan fingerprint density at radius 2 is 2.05 bits per heavy atom. The van der Waals surface area contributed by atoms with E-state index < -0.39 is 10.0 Å². The summed E-state index contributed by atoms with van der Waals surface area (Å²) >= 11 is 0. The van der Waals surface area contributed by atoms with Gasteiger partial charge < -0.3 is 4.52 Å². The van der Waals surface area contributed by atoms with Gasteiger partial charge in [0.1, 0.15) is 0 Å². The summed E-state index contributed by atoms with van der Waals surface area (Å²) in [6.45, 7) is 5.42. The van der Waals surface area contributed by atoms with E-state index >= 15 is 0 Å². The van der Waals surface area contributed by atoms with Crippen LogP contribution in [0, 0.1) is 13.8 Å². The van der Waals surface area contributed by atoms with Gasteiger partial charge in [0.25, 0.3) is 16.0 Å². The molecule has 19 heavy (non-hydrogen) atoms. The molecule has 0 unspecified atom stereocenters. The molecule has 0 amide bonds. The lowest BCUT2D eigenvalue weighted by Crippen LogP contribution is -2.15. The fraction of sp³-hybridized carbons (Fsp3) is 0.333. The first-order valence-electron chi connectivity index (χ1n) is 5.85. The Labute approximate surface area is 111 Å². The largest absolute Gasteiger partial charge is 0.337 e. The van der Waals surface area contributed by atoms with Crippen LogP contribution in [0.2, 0.25) is 0 Å². The van der Waals surface area contributed by atoms with Crippen LogP contribution in [0.4, 0.5) is 5.95 Å². The van der Waals surface area contributed by atoms with Crippen molar-refractivity contribution in [3.63, 3.8) is 0 Å². The normalized spacial score (nSPS) is 11.5. The van der Waals surface area contributed by atoms with Crippen LogP contribution in [-0.2, 0) is 16.4 Å². The van der Waals surface area contributed by atoms with Gasteiger partial charge in [0.05, 0.1) is 4.90 Å². The fourth-order valence-electron chi connectivity index (χ4n) is 1.61. The summed E-state index contributed by atoms with van der Waals surface area (Å²) in [6.07, 6.45) is 0.554. The molecule has 102 valence electrons. The molecule has 0 atom stereocenters. The van der Waals surface area contributed by atoms with Gasteiger partial charge in [-0.1, -0.05) is 19.1 Å². The smallest absolute Gasteiger partial charge is 0.277 e. The Balaban J connectivity index is 2.34. The summed E-state index contributed by atoms with van der Waals surface area (Å²) in [5, 5.41) is 3.57. The second-order valence-electron chi connectivity index (χ2n) is 4.24. The molecule has 6 nitrogen and oxygen atoms in total. The zero-order valence-corrected chi connectivity index (χ0v) is 11.8. The molecule has 2 rings (SSSR count). The van der Waals surface area contributed by atoms with Gasteiger partial charge in [-0.25, -0.2) is 13.1 Å². The molecule has 1 heterocycles. The molecule has 2 aromatic rings. The third-order valence-corrected chi connectivity index (χ3v) is 4.10. The van der Waals surface area contributed by atoms with Crippen molar-refractivity contribution >= 4 is 16.0 Å². The lowest BCUT2D eigenvalue weighted by molar-refractivity contribution is 0.383. The molecule has 1 aromatic heterocycles. The zero-order chi connectivity index (χ0) is 14.0. The molecule has 0 aliphatic rings. The molecule has 0 saturated heterocycles. The van der Waals surface area contributed by atoms with Crippen LogP contribution in [0.5, 0.6) is 0 Å². The number of nitrogens with zero attached hydrogens (tertiary/aromatic N) is 2. The van der Waals surface area contributed by atoms with Crippen LogP contribution < -0.4 is 4.72 Å². The monoisotopic (exact) mass is 281 g/mol. The van der Waals surface area contributed by atoms with Crippen LogP contribution in [-0.4, -0.2) is 18.6 Å². The molecule has 0 fully saturated rings. The van der Waals surface area contributed by atoms with Crippen molar-refractivity contribution in [1.29, 1.82) is 0 Å². The van der Waals surface area contributed by atoms with E-state index in [1.54, 1.807) is 19.1 Å². The van der Waals surface area contributed by atoms with E-state index in [1.807, 2.05) is 19.9 Å². The Morgan fingerprint density at radius 3 is 2.68 bits per heavy atom. The average Bonchev–Trinajstić information content (AvgIpc) is 2.79. The summed E-state index contributed by atoms with van der Waals surface area (Å²) in [5.74, 6) is 0.344. The number of nitrogens with one attached hydrogen (secondary N) is 1. The minimum Gasteiger partial charge on any atom is -0.337 e. The van der Waals surface area contributed by atoms with Crippen LogP contribution in [0.25, 0.3) is 0 Å². The second-order valence-corrected chi connectivity index (χ2v) is 5.89. The molecule has 0 aliphatic heterocycles. The summed E-state index contributed by atoms with van der Waals surface area (Å²) in [4.78, 5) is 4.14. The number of sulfonamides is 1. The van der Waals surface area contributed by atoms with Gasteiger partial charge in [-0.05, 0) is 36.2 Å². The molecule has 0 radical (unpaired) electrons. The molecule has 7 heteroatoms. The van der Waals surface area contributed by atoms with Crippen molar-refractivity contribution < 1.29 is 12.9 Å². The van der Waals surface area contributed by atoms with E-state index in [0.717, 1.165) is 5.56 Å². The molecule has 1 aromatic carbocycles. The highest BCUT2D eigenvalue weighted by Crippen LogP contribution is 2.19. The highest BCUT2D eigenvalue weighted by Gasteiger charge is 2.19. The van der Waals surface area contributed by atoms with E-state index in [2.05, 4.69) is 14.9 Å². The maximum Gasteiger partial charge on any atom is 0.277 e. The third kappa shape index (κ3) is 2.93. The first-order chi connectivity index (χ1) is 8.92. The van der Waals surface area contributed by atoms with Gasteiger partial charge in [-0.2, -0.15) is 4.98 Å². The predicted molar refractivity (Wildman–Crippen MR) is 70.4 cm³/mol. The molecular weight excluding hydrogens is 266 g/mol. The maximum absolute atomic E-state index is 12.2. The third-order valence-electron chi connectivity index (χ3n) is 2.63. The molecule has 0 aliphatic carbocycles. The summed E-state index contributed by atoms with van der Waals surface area (Å²) in [6, 6.07) is 5.23. The SMILES string of the molecule is CCc1nc(NS(=O)(=O)c2cc(C)ccc2C)no1. The number of aromatic nitrogens is 2. The van der Waals surface area contributed by atoms with Crippen LogP contribution in [0.1, 0.15) is 23.9 Å². The number of anilines is 1. The Kier molecular flexibility index (Phi) is 3.57. The standard InChI is InChI=1S/C12H15N3O3S/c1-4-11-13-12(14-18-11)15-19(16,17)10-7-8(2)5-6-9(10)3/h5-7H,4H2,1-3H3,(H,14,15). The molecule has 0 bridgehead atoms. The number of hydrogen-bond acceptors (Lipinski definition) is 5. The van der Waals surface area contributed by atoms with Gasteiger partial charge in [-0.3, -0.25) is 0 Å². The number of aryl methyl sites for hydroxylation is 3. The quantitative estimate of drug-likeness (QED) is 0.927. The summed E-state index contributed by atoms with van der Waals surface area (Å²) < 4.78 is 31.7. The number of hydrogen-bond donors (Lipinski definition) is 1. The van der Waals surface area contributed by atoms with Crippen molar-refractivity contribution in [2.45, 2.75) is 32.1 Å². The Bertz CT molecular complexity index is 692. The van der Waals surface area contributed by atoms with E-state index in [9.17, 15) is 8.42 Å². The molecule has 0 spiro atoms. The van der Waals surface area contributed by atoms with Crippen LogP contribution in [0.15, 0.2) is 27.6 Å². The van der Waals surface area contributed by atoms with Gasteiger partial charge in [-0.15, -0.1) is 0 Å². The van der Waals surface area contributed by atoms with E-state index in [4.69, 9.17) is 4.52 Å². The van der Waals surface area contributed by atoms with E-state index in [1.165, 1.54) is 0 Å². The lowest BCUT2D eigenvalue weighted by atomic mass is 10.2. The van der Waals surface area contributed by atoms with Crippen molar-refractivity contribution in [3.8, 4) is 0 Å². The number of rotatable bonds is 4. The lowest BCUT2D eigenvalue weighted by Gasteiger charge is -2.08. The molecule has 0 saturated carbocycles. The topological polar surface area (TPSA) is 85.1 Å². The summed E-state index contributed by atoms with van der Waals surface area (Å²) in [5.41, 5.74) is 1.53. The van der Waals surface area contributed by atoms with Gasteiger partial charge in [0.15, 0.2) is 0 Å². The van der Waals surface area contributed by atoms with E-state index in [0.29, 0.717) is 17.9 Å². The summed E-state index contributed by atoms with van der Waals surface area (Å²) in [7, 11) is -3.70. The van der Waals surface area contributed by atoms with Gasteiger partial charge in [0, 0.05) is 6.42 Å². The van der Waals surface area contributed by atoms with Crippen LogP contribution in [0.3, 0.4) is 0 Å². The zero-order valence-electron chi connectivity index (χ0n) is 11.0. The Hall–Kier alpha value is -1.89. The van der Waals surface area contributed by atoms with Gasteiger partial charge in [0.2, 0.25) is 5.89 Å². The fourth-order valence-corrected chi connectivity index (χ4v) is 2.88. The van der Waals surface area contributed by atoms with Crippen molar-refractivity contribution in [2.24, 2.45) is 0 Å². The second kappa shape index (κ2) is 5.00. The molecule has 1 N–H and O–H groups in total. The van der Waals surface area contributed by atoms with Gasteiger partial charge >= 0.3 is 0 Å². The molecular formula is C12H15N3O3S. The van der Waals surface area contributed by atoms with Crippen molar-refractivity contribution in [2.75, 3.05) is 4.72 Å². The minimum absolute atomic E-state index is 0.0437. The Morgan fingerprint density at radius 1 is 1.32 bits per heavy atom. The first-order valence-corrected chi connectivity index (χ1v) is 7.33.